The van der Waals surface area contributed by atoms with Gasteiger partial charge in [0, 0.05) is 18.9 Å². The lowest BCUT2D eigenvalue weighted by atomic mass is 9.95. The Morgan fingerprint density at radius 3 is 3.00 bits per heavy atom. The first-order valence-electron chi connectivity index (χ1n) is 6.03. The topological polar surface area (TPSA) is 31.4 Å². The van der Waals surface area contributed by atoms with E-state index in [1.165, 1.54) is 6.42 Å². The fourth-order valence-electron chi connectivity index (χ4n) is 2.20. The van der Waals surface area contributed by atoms with Crippen molar-refractivity contribution < 1.29 is 9.47 Å². The van der Waals surface area contributed by atoms with Crippen molar-refractivity contribution in [2.45, 2.75) is 44.5 Å². The quantitative estimate of drug-likeness (QED) is 0.775. The van der Waals surface area contributed by atoms with E-state index in [0.717, 1.165) is 24.8 Å². The number of hydrogen-bond donors (Lipinski definition) is 0. The lowest BCUT2D eigenvalue weighted by Gasteiger charge is -2.28. The Morgan fingerprint density at radius 2 is 2.24 bits per heavy atom. The molecule has 0 amide bonds. The molecule has 0 N–H and O–H groups in total. The first kappa shape index (κ1) is 12.8. The molecular formula is C13H18ClNO2. The molecule has 1 heterocycles. The predicted molar refractivity (Wildman–Crippen MR) is 67.1 cm³/mol. The van der Waals surface area contributed by atoms with Crippen LogP contribution in [0, 0.1) is 0 Å². The molecule has 1 aromatic rings. The fraction of sp³-hybridized carbons (Fsp3) is 0.615. The van der Waals surface area contributed by atoms with Crippen LogP contribution < -0.4 is 0 Å². The Bertz CT molecular complexity index is 359. The third kappa shape index (κ3) is 3.66. The molecule has 0 aliphatic heterocycles. The zero-order chi connectivity index (χ0) is 12.1. The Labute approximate surface area is 107 Å². The molecule has 1 aromatic heterocycles. The summed E-state index contributed by atoms with van der Waals surface area (Å²) in [5, 5.41) is 0.534. The summed E-state index contributed by atoms with van der Waals surface area (Å²) in [5.41, 5.74) is 0.953. The van der Waals surface area contributed by atoms with Crippen LogP contribution in [0.3, 0.4) is 0 Å². The fourth-order valence-corrected chi connectivity index (χ4v) is 2.38. The van der Waals surface area contributed by atoms with E-state index in [0.29, 0.717) is 17.9 Å². The van der Waals surface area contributed by atoms with E-state index in [1.807, 2.05) is 12.1 Å². The van der Waals surface area contributed by atoms with E-state index in [9.17, 15) is 0 Å². The minimum atomic E-state index is 0.282. The lowest BCUT2D eigenvalue weighted by Crippen LogP contribution is -2.27. The molecule has 1 saturated carbocycles. The summed E-state index contributed by atoms with van der Waals surface area (Å²) in [6.07, 6.45) is 6.72. The molecule has 2 atom stereocenters. The van der Waals surface area contributed by atoms with Gasteiger partial charge in [-0.2, -0.15) is 0 Å². The monoisotopic (exact) mass is 255 g/mol. The molecule has 2 unspecified atom stereocenters. The van der Waals surface area contributed by atoms with Crippen LogP contribution in [-0.2, 0) is 16.1 Å². The maximum atomic E-state index is 5.98. The molecule has 0 radical (unpaired) electrons. The smallest absolute Gasteiger partial charge is 0.134 e. The van der Waals surface area contributed by atoms with E-state index in [-0.39, 0.29) is 6.10 Å². The highest BCUT2D eigenvalue weighted by Crippen LogP contribution is 2.24. The molecule has 0 saturated heterocycles. The largest absolute Gasteiger partial charge is 0.381 e. The van der Waals surface area contributed by atoms with Gasteiger partial charge >= 0.3 is 0 Å². The summed E-state index contributed by atoms with van der Waals surface area (Å²) in [6.45, 7) is 0.535. The van der Waals surface area contributed by atoms with Crippen LogP contribution >= 0.6 is 11.6 Å². The predicted octanol–water partition coefficient (Wildman–Crippen LogP) is 3.21. The molecule has 3 nitrogen and oxygen atoms in total. The summed E-state index contributed by atoms with van der Waals surface area (Å²) in [7, 11) is 1.77. The first-order chi connectivity index (χ1) is 8.29. The van der Waals surface area contributed by atoms with E-state index >= 15 is 0 Å². The molecule has 0 bridgehead atoms. The van der Waals surface area contributed by atoms with Crippen LogP contribution in [0.5, 0.6) is 0 Å². The highest BCUT2D eigenvalue weighted by Gasteiger charge is 2.22. The first-order valence-corrected chi connectivity index (χ1v) is 6.41. The van der Waals surface area contributed by atoms with Crippen molar-refractivity contribution in [1.82, 2.24) is 4.98 Å². The average Bonchev–Trinajstić information content (AvgIpc) is 2.38. The van der Waals surface area contributed by atoms with Crippen LogP contribution in [0.4, 0.5) is 0 Å². The van der Waals surface area contributed by atoms with Gasteiger partial charge in [0.05, 0.1) is 18.8 Å². The van der Waals surface area contributed by atoms with Crippen molar-refractivity contribution in [3.63, 3.8) is 0 Å². The number of aromatic nitrogens is 1. The van der Waals surface area contributed by atoms with Crippen LogP contribution in [0.1, 0.15) is 31.2 Å². The normalized spacial score (nSPS) is 24.8. The third-order valence-corrected chi connectivity index (χ3v) is 3.56. The summed E-state index contributed by atoms with van der Waals surface area (Å²) in [4.78, 5) is 4.03. The van der Waals surface area contributed by atoms with Gasteiger partial charge in [0.15, 0.2) is 0 Å². The average molecular weight is 256 g/mol. The van der Waals surface area contributed by atoms with E-state index < -0.39 is 0 Å². The van der Waals surface area contributed by atoms with Gasteiger partial charge in [-0.1, -0.05) is 17.7 Å². The number of hydrogen-bond acceptors (Lipinski definition) is 3. The Balaban J connectivity index is 1.84. The Kier molecular flexibility index (Phi) is 4.77. The number of nitrogens with zero attached hydrogens (tertiary/aromatic N) is 1. The summed E-state index contributed by atoms with van der Waals surface area (Å²) >= 11 is 5.98. The van der Waals surface area contributed by atoms with Gasteiger partial charge in [-0.25, -0.2) is 4.98 Å². The third-order valence-electron chi connectivity index (χ3n) is 3.22. The second kappa shape index (κ2) is 6.34. The molecule has 0 aromatic carbocycles. The molecule has 4 heteroatoms. The van der Waals surface area contributed by atoms with Gasteiger partial charge in [-0.15, -0.1) is 0 Å². The van der Waals surface area contributed by atoms with Crippen LogP contribution in [0.25, 0.3) is 0 Å². The van der Waals surface area contributed by atoms with Crippen molar-refractivity contribution in [3.8, 4) is 0 Å². The Morgan fingerprint density at radius 1 is 1.41 bits per heavy atom. The second-order valence-electron chi connectivity index (χ2n) is 4.41. The van der Waals surface area contributed by atoms with E-state index in [4.69, 9.17) is 21.1 Å². The van der Waals surface area contributed by atoms with Gasteiger partial charge in [0.1, 0.15) is 5.15 Å². The zero-order valence-corrected chi connectivity index (χ0v) is 10.8. The van der Waals surface area contributed by atoms with Crippen molar-refractivity contribution >= 4 is 11.6 Å². The maximum Gasteiger partial charge on any atom is 0.134 e. The lowest BCUT2D eigenvalue weighted by molar-refractivity contribution is -0.0363. The number of halogens is 1. The molecular weight excluding hydrogens is 238 g/mol. The molecule has 2 rings (SSSR count). The molecule has 1 aliphatic carbocycles. The summed E-state index contributed by atoms with van der Waals surface area (Å²) in [5.74, 6) is 0. The van der Waals surface area contributed by atoms with Crippen LogP contribution in [-0.4, -0.2) is 24.3 Å². The SMILES string of the molecule is COC1CCCC(OCc2cccnc2Cl)C1. The minimum absolute atomic E-state index is 0.282. The van der Waals surface area contributed by atoms with Crippen molar-refractivity contribution in [1.29, 1.82) is 0 Å². The molecule has 0 spiro atoms. The molecule has 1 fully saturated rings. The molecule has 1 aliphatic rings. The van der Waals surface area contributed by atoms with Gasteiger partial charge in [0.25, 0.3) is 0 Å². The van der Waals surface area contributed by atoms with Crippen molar-refractivity contribution in [2.24, 2.45) is 0 Å². The van der Waals surface area contributed by atoms with Gasteiger partial charge < -0.3 is 9.47 Å². The zero-order valence-electron chi connectivity index (χ0n) is 10.1. The van der Waals surface area contributed by atoms with Crippen LogP contribution in [0.2, 0.25) is 5.15 Å². The molecule has 17 heavy (non-hydrogen) atoms. The molecule has 94 valence electrons. The van der Waals surface area contributed by atoms with Gasteiger partial charge in [-0.05, 0) is 31.7 Å². The highest BCUT2D eigenvalue weighted by atomic mass is 35.5. The minimum Gasteiger partial charge on any atom is -0.381 e. The highest BCUT2D eigenvalue weighted by molar-refractivity contribution is 6.30. The number of ether oxygens (including phenoxy) is 2. The van der Waals surface area contributed by atoms with Gasteiger partial charge in [0.2, 0.25) is 0 Å². The number of methoxy groups -OCH3 is 1. The van der Waals surface area contributed by atoms with Gasteiger partial charge in [-0.3, -0.25) is 0 Å². The second-order valence-corrected chi connectivity index (χ2v) is 4.77. The van der Waals surface area contributed by atoms with Crippen LogP contribution in [0.15, 0.2) is 18.3 Å². The van der Waals surface area contributed by atoms with Crippen molar-refractivity contribution in [2.75, 3.05) is 7.11 Å². The number of rotatable bonds is 4. The number of pyridine rings is 1. The maximum absolute atomic E-state index is 5.98. The van der Waals surface area contributed by atoms with Crippen molar-refractivity contribution in [3.05, 3.63) is 29.0 Å². The summed E-state index contributed by atoms with van der Waals surface area (Å²) in [6, 6.07) is 3.83. The Hall–Kier alpha value is -0.640. The summed E-state index contributed by atoms with van der Waals surface area (Å²) < 4.78 is 11.3. The van der Waals surface area contributed by atoms with E-state index in [2.05, 4.69) is 4.98 Å². The van der Waals surface area contributed by atoms with E-state index in [1.54, 1.807) is 13.3 Å². The standard InChI is InChI=1S/C13H18ClNO2/c1-16-11-5-2-6-12(8-11)17-9-10-4-3-7-15-13(10)14/h3-4,7,11-12H,2,5-6,8-9H2,1H3.